The summed E-state index contributed by atoms with van der Waals surface area (Å²) in [6.07, 6.45) is 6.15. The van der Waals surface area contributed by atoms with Crippen molar-refractivity contribution < 1.29 is 19.5 Å². The summed E-state index contributed by atoms with van der Waals surface area (Å²) in [5, 5.41) is 12.8. The number of allylic oxidation sites excluding steroid dienone is 2. The third-order valence-electron chi connectivity index (χ3n) is 5.38. The van der Waals surface area contributed by atoms with Crippen LogP contribution >= 0.6 is 11.3 Å². The Balaban J connectivity index is 1.91. The third kappa shape index (κ3) is 2.97. The Morgan fingerprint density at radius 1 is 1.24 bits per heavy atom. The van der Waals surface area contributed by atoms with Crippen molar-refractivity contribution in [2.24, 2.45) is 29.4 Å². The first-order chi connectivity index (χ1) is 11.8. The molecule has 6 nitrogen and oxygen atoms in total. The van der Waals surface area contributed by atoms with Gasteiger partial charge in [0.15, 0.2) is 0 Å². The SMILES string of the molecule is CCc1c(C)sc(NC(=O)[C@H]2[C@H](C(=O)O)[C@H]3C=C[C@H]2CC3)c1C(N)=O. The van der Waals surface area contributed by atoms with Crippen LogP contribution in [0.15, 0.2) is 12.2 Å². The molecule has 4 N–H and O–H groups in total. The highest BCUT2D eigenvalue weighted by Crippen LogP contribution is 2.46. The van der Waals surface area contributed by atoms with E-state index in [9.17, 15) is 19.5 Å². The van der Waals surface area contributed by atoms with Crippen molar-refractivity contribution in [3.8, 4) is 0 Å². The van der Waals surface area contributed by atoms with Crippen molar-refractivity contribution in [3.63, 3.8) is 0 Å². The summed E-state index contributed by atoms with van der Waals surface area (Å²) < 4.78 is 0. The first kappa shape index (κ1) is 17.7. The fourth-order valence-electron chi connectivity index (χ4n) is 4.24. The van der Waals surface area contributed by atoms with Gasteiger partial charge in [-0.25, -0.2) is 0 Å². The number of nitrogens with two attached hydrogens (primary N) is 1. The zero-order valence-corrected chi connectivity index (χ0v) is 15.1. The van der Waals surface area contributed by atoms with Gasteiger partial charge in [-0.2, -0.15) is 0 Å². The minimum Gasteiger partial charge on any atom is -0.481 e. The third-order valence-corrected chi connectivity index (χ3v) is 6.44. The highest BCUT2D eigenvalue weighted by Gasteiger charge is 2.48. The molecule has 1 saturated carbocycles. The van der Waals surface area contributed by atoms with Gasteiger partial charge in [-0.15, -0.1) is 11.3 Å². The van der Waals surface area contributed by atoms with Crippen molar-refractivity contribution in [1.82, 2.24) is 0 Å². The number of carboxylic acids is 1. The first-order valence-corrected chi connectivity index (χ1v) is 9.30. The van der Waals surface area contributed by atoms with E-state index in [0.29, 0.717) is 17.0 Å². The number of hydrogen-bond acceptors (Lipinski definition) is 4. The molecule has 7 heteroatoms. The lowest BCUT2D eigenvalue weighted by Gasteiger charge is -2.41. The van der Waals surface area contributed by atoms with Crippen molar-refractivity contribution in [2.45, 2.75) is 33.1 Å². The van der Waals surface area contributed by atoms with E-state index in [0.717, 1.165) is 23.3 Å². The lowest BCUT2D eigenvalue weighted by molar-refractivity contribution is -0.151. The van der Waals surface area contributed by atoms with Gasteiger partial charge in [-0.05, 0) is 43.6 Å². The summed E-state index contributed by atoms with van der Waals surface area (Å²) >= 11 is 1.32. The van der Waals surface area contributed by atoms with E-state index in [-0.39, 0.29) is 17.7 Å². The van der Waals surface area contributed by atoms with E-state index >= 15 is 0 Å². The molecule has 0 saturated heterocycles. The van der Waals surface area contributed by atoms with Crippen LogP contribution in [0.4, 0.5) is 5.00 Å². The molecule has 1 fully saturated rings. The number of carbonyl (C=O) groups is 3. The molecule has 1 heterocycles. The number of thiophene rings is 1. The number of carbonyl (C=O) groups excluding carboxylic acids is 2. The van der Waals surface area contributed by atoms with E-state index in [2.05, 4.69) is 5.32 Å². The molecule has 0 unspecified atom stereocenters. The first-order valence-electron chi connectivity index (χ1n) is 8.49. The summed E-state index contributed by atoms with van der Waals surface area (Å²) in [6.45, 7) is 3.81. The predicted octanol–water partition coefficient (Wildman–Crippen LogP) is 2.57. The smallest absolute Gasteiger partial charge is 0.307 e. The fourth-order valence-corrected chi connectivity index (χ4v) is 5.39. The van der Waals surface area contributed by atoms with Crippen LogP contribution in [0.2, 0.25) is 0 Å². The Hall–Kier alpha value is -2.15. The van der Waals surface area contributed by atoms with Crippen molar-refractivity contribution in [1.29, 1.82) is 0 Å². The van der Waals surface area contributed by atoms with E-state index in [1.54, 1.807) is 0 Å². The van der Waals surface area contributed by atoms with E-state index in [1.807, 2.05) is 26.0 Å². The van der Waals surface area contributed by atoms with Crippen LogP contribution < -0.4 is 11.1 Å². The zero-order chi connectivity index (χ0) is 18.3. The average molecular weight is 362 g/mol. The molecule has 4 rings (SSSR count). The molecule has 134 valence electrons. The molecule has 2 bridgehead atoms. The van der Waals surface area contributed by atoms with Gasteiger partial charge in [-0.1, -0.05) is 19.1 Å². The second-order valence-corrected chi connectivity index (χ2v) is 7.95. The molecule has 3 aliphatic rings. The van der Waals surface area contributed by atoms with Crippen LogP contribution in [-0.4, -0.2) is 22.9 Å². The largest absolute Gasteiger partial charge is 0.481 e. The predicted molar refractivity (Wildman–Crippen MR) is 95.6 cm³/mol. The summed E-state index contributed by atoms with van der Waals surface area (Å²) in [5.41, 5.74) is 6.69. The molecule has 4 atom stereocenters. The van der Waals surface area contributed by atoms with Crippen molar-refractivity contribution >= 4 is 34.1 Å². The Kier molecular flexibility index (Phi) is 4.69. The normalized spacial score (nSPS) is 27.3. The quantitative estimate of drug-likeness (QED) is 0.699. The van der Waals surface area contributed by atoms with Gasteiger partial charge in [0.2, 0.25) is 5.91 Å². The second kappa shape index (κ2) is 6.63. The molecule has 3 aliphatic carbocycles. The monoisotopic (exact) mass is 362 g/mol. The van der Waals surface area contributed by atoms with Crippen LogP contribution in [0, 0.1) is 30.6 Å². The minimum absolute atomic E-state index is 0.0742. The van der Waals surface area contributed by atoms with Crippen molar-refractivity contribution in [2.75, 3.05) is 5.32 Å². The summed E-state index contributed by atoms with van der Waals surface area (Å²) in [7, 11) is 0. The number of hydrogen-bond donors (Lipinski definition) is 3. The van der Waals surface area contributed by atoms with E-state index < -0.39 is 23.7 Å². The highest BCUT2D eigenvalue weighted by molar-refractivity contribution is 7.16. The lowest BCUT2D eigenvalue weighted by atomic mass is 9.62. The topological polar surface area (TPSA) is 109 Å². The van der Waals surface area contributed by atoms with E-state index in [4.69, 9.17) is 5.73 Å². The van der Waals surface area contributed by atoms with Gasteiger partial charge < -0.3 is 16.2 Å². The fraction of sp³-hybridized carbons (Fsp3) is 0.500. The van der Waals surface area contributed by atoms with Crippen molar-refractivity contribution in [3.05, 3.63) is 28.2 Å². The molecule has 0 aliphatic heterocycles. The Morgan fingerprint density at radius 3 is 2.32 bits per heavy atom. The molecule has 2 amide bonds. The molecule has 1 aromatic heterocycles. The van der Waals surface area contributed by atoms with Gasteiger partial charge in [0.05, 0.1) is 17.4 Å². The second-order valence-electron chi connectivity index (χ2n) is 6.73. The van der Waals surface area contributed by atoms with Crippen LogP contribution in [0.3, 0.4) is 0 Å². The minimum atomic E-state index is -0.939. The molecule has 25 heavy (non-hydrogen) atoms. The number of fused-ring (bicyclic) bond motifs is 2. The van der Waals surface area contributed by atoms with Gasteiger partial charge in [0.25, 0.3) is 5.91 Å². The number of primary amides is 1. The molecule has 0 spiro atoms. The van der Waals surface area contributed by atoms with Crippen LogP contribution in [0.1, 0.15) is 40.6 Å². The van der Waals surface area contributed by atoms with Crippen LogP contribution in [0.25, 0.3) is 0 Å². The molecule has 0 aromatic carbocycles. The van der Waals surface area contributed by atoms with Crippen LogP contribution in [0.5, 0.6) is 0 Å². The van der Waals surface area contributed by atoms with Gasteiger partial charge in [-0.3, -0.25) is 14.4 Å². The lowest BCUT2D eigenvalue weighted by Crippen LogP contribution is -2.47. The summed E-state index contributed by atoms with van der Waals surface area (Å²) in [5.74, 6) is -3.36. The number of rotatable bonds is 5. The standard InChI is InChI=1S/C18H22N2O4S/c1-3-11-8(2)25-17(14(11)15(19)21)20-16(22)12-9-4-6-10(7-5-9)13(12)18(23)24/h4,6,9-10,12-13H,3,5,7H2,1-2H3,(H2,19,21)(H,20,22)(H,23,24)/t9-,10-,12+,13+/m0/s1. The maximum Gasteiger partial charge on any atom is 0.307 e. The zero-order valence-electron chi connectivity index (χ0n) is 14.2. The van der Waals surface area contributed by atoms with Gasteiger partial charge in [0.1, 0.15) is 5.00 Å². The maximum atomic E-state index is 12.9. The average Bonchev–Trinajstić information content (AvgIpc) is 2.90. The highest BCUT2D eigenvalue weighted by atomic mass is 32.1. The number of aryl methyl sites for hydroxylation is 1. The molecule has 0 radical (unpaired) electrons. The molecular formula is C18H22N2O4S. The van der Waals surface area contributed by atoms with Gasteiger partial charge >= 0.3 is 5.97 Å². The summed E-state index contributed by atoms with van der Waals surface area (Å²) in [6, 6.07) is 0. The van der Waals surface area contributed by atoms with E-state index in [1.165, 1.54) is 11.3 Å². The number of aliphatic carboxylic acids is 1. The number of anilines is 1. The number of amides is 2. The summed E-state index contributed by atoms with van der Waals surface area (Å²) in [4.78, 5) is 37.4. The number of carboxylic acid groups (broad SMARTS) is 1. The maximum absolute atomic E-state index is 12.9. The Labute approximate surface area is 150 Å². The Morgan fingerprint density at radius 2 is 1.84 bits per heavy atom. The van der Waals surface area contributed by atoms with Gasteiger partial charge in [0, 0.05) is 4.88 Å². The Bertz CT molecular complexity index is 767. The molecular weight excluding hydrogens is 340 g/mol. The number of nitrogens with one attached hydrogen (secondary N) is 1. The van der Waals surface area contributed by atoms with Crippen LogP contribution in [-0.2, 0) is 16.0 Å². The molecule has 1 aromatic rings.